The van der Waals surface area contributed by atoms with Crippen molar-refractivity contribution in [2.24, 2.45) is 5.73 Å². The Bertz CT molecular complexity index is 316. The van der Waals surface area contributed by atoms with E-state index in [1.54, 1.807) is 0 Å². The molecule has 0 heterocycles. The largest absolute Gasteiger partial charge is 0.348 e. The maximum atomic E-state index is 12.2. The average Bonchev–Trinajstić information content (AvgIpc) is 2.78. The predicted octanol–water partition coefficient (Wildman–Crippen LogP) is 2.26. The third-order valence-corrected chi connectivity index (χ3v) is 4.18. The van der Waals surface area contributed by atoms with Crippen LogP contribution >= 0.6 is 0 Å². The summed E-state index contributed by atoms with van der Waals surface area (Å²) < 4.78 is 0. The van der Waals surface area contributed by atoms with Gasteiger partial charge in [0, 0.05) is 6.04 Å². The Morgan fingerprint density at radius 3 is 2.65 bits per heavy atom. The van der Waals surface area contributed by atoms with Gasteiger partial charge in [-0.1, -0.05) is 24.5 Å². The summed E-state index contributed by atoms with van der Waals surface area (Å²) in [5, 5.41) is 3.10. The zero-order valence-corrected chi connectivity index (χ0v) is 10.8. The van der Waals surface area contributed by atoms with E-state index in [1.807, 2.05) is 0 Å². The van der Waals surface area contributed by atoms with E-state index in [-0.39, 0.29) is 11.9 Å². The van der Waals surface area contributed by atoms with Gasteiger partial charge in [0.15, 0.2) is 0 Å². The first-order valence-electron chi connectivity index (χ1n) is 6.91. The van der Waals surface area contributed by atoms with Crippen molar-refractivity contribution in [3.8, 4) is 0 Å². The highest BCUT2D eigenvalue weighted by atomic mass is 16.2. The molecule has 1 atom stereocenters. The fourth-order valence-electron chi connectivity index (χ4n) is 2.92. The van der Waals surface area contributed by atoms with Crippen LogP contribution in [-0.2, 0) is 4.79 Å². The van der Waals surface area contributed by atoms with E-state index >= 15 is 0 Å². The van der Waals surface area contributed by atoms with Gasteiger partial charge < -0.3 is 11.1 Å². The van der Waals surface area contributed by atoms with Gasteiger partial charge in [-0.25, -0.2) is 0 Å². The number of allylic oxidation sites excluding steroid dienone is 1. The van der Waals surface area contributed by atoms with E-state index in [9.17, 15) is 4.79 Å². The lowest BCUT2D eigenvalue weighted by Crippen LogP contribution is -2.54. The predicted molar refractivity (Wildman–Crippen MR) is 69.5 cm³/mol. The van der Waals surface area contributed by atoms with Gasteiger partial charge in [0.25, 0.3) is 0 Å². The second-order valence-corrected chi connectivity index (χ2v) is 5.58. The number of carbonyl (C=O) groups excluding carboxylic acids is 1. The van der Waals surface area contributed by atoms with E-state index in [0.717, 1.165) is 38.5 Å². The molecule has 2 rings (SSSR count). The van der Waals surface area contributed by atoms with Gasteiger partial charge in [-0.05, 0) is 45.4 Å². The van der Waals surface area contributed by atoms with Crippen LogP contribution in [0.1, 0.15) is 58.3 Å². The van der Waals surface area contributed by atoms with E-state index in [1.165, 1.54) is 18.4 Å². The number of nitrogens with one attached hydrogen (secondary N) is 1. The van der Waals surface area contributed by atoms with Crippen LogP contribution in [0, 0.1) is 0 Å². The normalized spacial score (nSPS) is 25.2. The van der Waals surface area contributed by atoms with Crippen LogP contribution in [-0.4, -0.2) is 17.5 Å². The number of nitrogens with two attached hydrogens (primary N) is 1. The third-order valence-electron chi connectivity index (χ3n) is 4.18. The first-order chi connectivity index (χ1) is 8.12. The van der Waals surface area contributed by atoms with Crippen molar-refractivity contribution < 1.29 is 4.79 Å². The molecule has 0 unspecified atom stereocenters. The lowest BCUT2D eigenvalue weighted by Gasteiger charge is -2.27. The fraction of sp³-hybridized carbons (Fsp3) is 0.786. The van der Waals surface area contributed by atoms with Gasteiger partial charge in [-0.15, -0.1) is 0 Å². The van der Waals surface area contributed by atoms with Crippen LogP contribution in [0.4, 0.5) is 0 Å². The minimum atomic E-state index is -0.594. The topological polar surface area (TPSA) is 55.1 Å². The van der Waals surface area contributed by atoms with Gasteiger partial charge in [0.2, 0.25) is 5.91 Å². The summed E-state index contributed by atoms with van der Waals surface area (Å²) >= 11 is 0. The van der Waals surface area contributed by atoms with Crippen molar-refractivity contribution in [2.75, 3.05) is 0 Å². The molecule has 1 saturated carbocycles. The highest BCUT2D eigenvalue weighted by Gasteiger charge is 2.37. The third kappa shape index (κ3) is 2.89. The smallest absolute Gasteiger partial charge is 0.240 e. The Balaban J connectivity index is 1.91. The number of hydrogen-bond donors (Lipinski definition) is 2. The molecule has 3 heteroatoms. The Morgan fingerprint density at radius 1 is 1.35 bits per heavy atom. The molecule has 1 amide bonds. The summed E-state index contributed by atoms with van der Waals surface area (Å²) in [4.78, 5) is 12.2. The molecule has 0 bridgehead atoms. The van der Waals surface area contributed by atoms with Gasteiger partial charge in [-0.3, -0.25) is 4.79 Å². The van der Waals surface area contributed by atoms with Crippen molar-refractivity contribution in [3.63, 3.8) is 0 Å². The van der Waals surface area contributed by atoms with Crippen molar-refractivity contribution in [1.29, 1.82) is 0 Å². The highest BCUT2D eigenvalue weighted by molar-refractivity contribution is 5.86. The molecule has 2 aliphatic rings. The molecule has 0 radical (unpaired) electrons. The van der Waals surface area contributed by atoms with Gasteiger partial charge >= 0.3 is 0 Å². The van der Waals surface area contributed by atoms with Crippen LogP contribution < -0.4 is 11.1 Å². The van der Waals surface area contributed by atoms with E-state index in [4.69, 9.17) is 5.73 Å². The van der Waals surface area contributed by atoms with Crippen LogP contribution in [0.15, 0.2) is 11.6 Å². The van der Waals surface area contributed by atoms with Crippen molar-refractivity contribution in [2.45, 2.75) is 69.9 Å². The molecule has 3 nitrogen and oxygen atoms in total. The van der Waals surface area contributed by atoms with E-state index in [0.29, 0.717) is 0 Å². The van der Waals surface area contributed by atoms with Crippen molar-refractivity contribution >= 4 is 5.91 Å². The SMILES string of the molecule is C[C@H](NC(=O)C1(N)CCCC1)C1=CCCCC1. The standard InChI is InChI=1S/C14H24N2O/c1-11(12-7-3-2-4-8-12)16-13(17)14(15)9-5-6-10-14/h7,11H,2-6,8-10,15H2,1H3,(H,16,17)/t11-/m0/s1. The van der Waals surface area contributed by atoms with Crippen LogP contribution in [0.25, 0.3) is 0 Å². The fourth-order valence-corrected chi connectivity index (χ4v) is 2.92. The maximum absolute atomic E-state index is 12.2. The molecule has 0 aliphatic heterocycles. The van der Waals surface area contributed by atoms with Gasteiger partial charge in [0.1, 0.15) is 0 Å². The molecule has 2 aliphatic carbocycles. The molecule has 96 valence electrons. The number of rotatable bonds is 3. The Kier molecular flexibility index (Phi) is 3.87. The second-order valence-electron chi connectivity index (χ2n) is 5.58. The van der Waals surface area contributed by atoms with Crippen LogP contribution in [0.5, 0.6) is 0 Å². The minimum Gasteiger partial charge on any atom is -0.348 e. The minimum absolute atomic E-state index is 0.0500. The molecule has 1 fully saturated rings. The molecular weight excluding hydrogens is 212 g/mol. The summed E-state index contributed by atoms with van der Waals surface area (Å²) in [6.07, 6.45) is 10.9. The number of hydrogen-bond acceptors (Lipinski definition) is 2. The summed E-state index contributed by atoms with van der Waals surface area (Å²) in [6.45, 7) is 2.08. The molecular formula is C14H24N2O. The Hall–Kier alpha value is -0.830. The molecule has 3 N–H and O–H groups in total. The van der Waals surface area contributed by atoms with Crippen LogP contribution in [0.3, 0.4) is 0 Å². The molecule has 0 saturated heterocycles. The molecule has 0 aromatic heterocycles. The van der Waals surface area contributed by atoms with Crippen molar-refractivity contribution in [3.05, 3.63) is 11.6 Å². The second kappa shape index (κ2) is 5.21. The van der Waals surface area contributed by atoms with E-state index in [2.05, 4.69) is 18.3 Å². The Labute approximate surface area is 104 Å². The van der Waals surface area contributed by atoms with Crippen LogP contribution in [0.2, 0.25) is 0 Å². The summed E-state index contributed by atoms with van der Waals surface area (Å²) in [7, 11) is 0. The monoisotopic (exact) mass is 236 g/mol. The molecule has 0 aromatic rings. The zero-order valence-electron chi connectivity index (χ0n) is 10.8. The maximum Gasteiger partial charge on any atom is 0.240 e. The Morgan fingerprint density at radius 2 is 2.06 bits per heavy atom. The average molecular weight is 236 g/mol. The highest BCUT2D eigenvalue weighted by Crippen LogP contribution is 2.28. The van der Waals surface area contributed by atoms with Gasteiger partial charge in [0.05, 0.1) is 5.54 Å². The molecule has 0 spiro atoms. The van der Waals surface area contributed by atoms with Gasteiger partial charge in [-0.2, -0.15) is 0 Å². The summed E-state index contributed by atoms with van der Waals surface area (Å²) in [5.41, 5.74) is 6.94. The summed E-state index contributed by atoms with van der Waals surface area (Å²) in [5.74, 6) is 0.0500. The first kappa shape index (κ1) is 12.6. The van der Waals surface area contributed by atoms with Crippen molar-refractivity contribution in [1.82, 2.24) is 5.32 Å². The van der Waals surface area contributed by atoms with E-state index < -0.39 is 5.54 Å². The lowest BCUT2D eigenvalue weighted by atomic mass is 9.93. The summed E-state index contributed by atoms with van der Waals surface area (Å²) in [6, 6.07) is 0.156. The number of amides is 1. The number of carbonyl (C=O) groups is 1. The quantitative estimate of drug-likeness (QED) is 0.738. The molecule has 17 heavy (non-hydrogen) atoms. The molecule has 0 aromatic carbocycles. The lowest BCUT2D eigenvalue weighted by molar-refractivity contribution is -0.126. The zero-order chi connectivity index (χ0) is 12.3. The first-order valence-corrected chi connectivity index (χ1v) is 6.91.